The Morgan fingerprint density at radius 2 is 2.13 bits per heavy atom. The van der Waals surface area contributed by atoms with Crippen LogP contribution >= 0.6 is 0 Å². The maximum Gasteiger partial charge on any atom is 0.284 e. The largest absolute Gasteiger partial charge is 0.451 e. The Hall–Kier alpha value is -1.77. The topological polar surface area (TPSA) is 56.2 Å². The van der Waals surface area contributed by atoms with E-state index in [1.807, 2.05) is 24.3 Å². The first-order chi connectivity index (χ1) is 7.24. The van der Waals surface area contributed by atoms with Crippen LogP contribution in [0.1, 0.15) is 29.5 Å². The van der Waals surface area contributed by atoms with Crippen LogP contribution in [0.5, 0.6) is 0 Å². The molecule has 1 amide bonds. The number of furan rings is 1. The molecule has 0 unspecified atom stereocenters. The molecule has 0 aliphatic rings. The zero-order valence-electron chi connectivity index (χ0n) is 8.62. The Kier molecular flexibility index (Phi) is 2.46. The van der Waals surface area contributed by atoms with Gasteiger partial charge < -0.3 is 10.2 Å². The normalized spacial score (nSPS) is 10.7. The lowest BCUT2D eigenvalue weighted by atomic mass is 10.1. The molecule has 1 aromatic carbocycles. The van der Waals surface area contributed by atoms with Gasteiger partial charge in [-0.25, -0.2) is 0 Å². The number of primary amides is 1. The van der Waals surface area contributed by atoms with Gasteiger partial charge in [0.2, 0.25) is 0 Å². The van der Waals surface area contributed by atoms with Gasteiger partial charge in [0.1, 0.15) is 5.58 Å². The standard InChI is InChI=1S/C12H13NO2/c1-2-5-9-8-6-3-4-7-10(8)15-11(9)12(13)14/h3-4,6-7H,2,5H2,1H3,(H2,13,14). The lowest BCUT2D eigenvalue weighted by Crippen LogP contribution is -2.11. The zero-order valence-corrected chi connectivity index (χ0v) is 8.62. The molecule has 2 rings (SSSR count). The quantitative estimate of drug-likeness (QED) is 0.833. The van der Waals surface area contributed by atoms with Crippen molar-refractivity contribution in [1.82, 2.24) is 0 Å². The van der Waals surface area contributed by atoms with Crippen molar-refractivity contribution in [2.45, 2.75) is 19.8 Å². The van der Waals surface area contributed by atoms with Gasteiger partial charge in [-0.2, -0.15) is 0 Å². The van der Waals surface area contributed by atoms with Crippen LogP contribution in [0, 0.1) is 0 Å². The third-order valence-corrected chi connectivity index (χ3v) is 2.42. The fraction of sp³-hybridized carbons (Fsp3) is 0.250. The second kappa shape index (κ2) is 3.77. The average molecular weight is 203 g/mol. The lowest BCUT2D eigenvalue weighted by molar-refractivity contribution is 0.0974. The van der Waals surface area contributed by atoms with E-state index in [9.17, 15) is 4.79 Å². The molecule has 1 heterocycles. The minimum absolute atomic E-state index is 0.304. The summed E-state index contributed by atoms with van der Waals surface area (Å²) in [7, 11) is 0. The van der Waals surface area contributed by atoms with E-state index in [2.05, 4.69) is 6.92 Å². The first-order valence-corrected chi connectivity index (χ1v) is 5.04. The first-order valence-electron chi connectivity index (χ1n) is 5.04. The van der Waals surface area contributed by atoms with Crippen LogP contribution in [-0.2, 0) is 6.42 Å². The number of aryl methyl sites for hydroxylation is 1. The molecular formula is C12H13NO2. The summed E-state index contributed by atoms with van der Waals surface area (Å²) in [5.41, 5.74) is 6.94. The van der Waals surface area contributed by atoms with Crippen molar-refractivity contribution in [2.75, 3.05) is 0 Å². The maximum atomic E-state index is 11.2. The first kappa shape index (κ1) is 9.77. The van der Waals surface area contributed by atoms with Gasteiger partial charge in [0.15, 0.2) is 5.76 Å². The highest BCUT2D eigenvalue weighted by Crippen LogP contribution is 2.26. The third-order valence-electron chi connectivity index (χ3n) is 2.42. The molecule has 1 aromatic heterocycles. The van der Waals surface area contributed by atoms with E-state index in [-0.39, 0.29) is 0 Å². The van der Waals surface area contributed by atoms with Crippen LogP contribution in [0.4, 0.5) is 0 Å². The van der Waals surface area contributed by atoms with Gasteiger partial charge in [-0.05, 0) is 12.5 Å². The Balaban J connectivity index is 2.68. The molecule has 15 heavy (non-hydrogen) atoms. The van der Waals surface area contributed by atoms with Gasteiger partial charge in [-0.1, -0.05) is 31.5 Å². The molecule has 78 valence electrons. The summed E-state index contributed by atoms with van der Waals surface area (Å²) in [4.78, 5) is 11.2. The van der Waals surface area contributed by atoms with Crippen molar-refractivity contribution in [2.24, 2.45) is 5.73 Å². The second-order valence-electron chi connectivity index (χ2n) is 3.52. The van der Waals surface area contributed by atoms with E-state index in [1.54, 1.807) is 0 Å². The monoisotopic (exact) mass is 203 g/mol. The smallest absolute Gasteiger partial charge is 0.284 e. The van der Waals surface area contributed by atoms with Crippen LogP contribution in [0.15, 0.2) is 28.7 Å². The van der Waals surface area contributed by atoms with Gasteiger partial charge in [-0.15, -0.1) is 0 Å². The molecule has 2 N–H and O–H groups in total. The van der Waals surface area contributed by atoms with Crippen molar-refractivity contribution in [3.8, 4) is 0 Å². The zero-order chi connectivity index (χ0) is 10.8. The molecule has 0 saturated carbocycles. The molecule has 0 aliphatic carbocycles. The summed E-state index contributed by atoms with van der Waals surface area (Å²) in [6.07, 6.45) is 1.78. The van der Waals surface area contributed by atoms with Crippen LogP contribution in [0.3, 0.4) is 0 Å². The predicted molar refractivity (Wildman–Crippen MR) is 58.7 cm³/mol. The minimum atomic E-state index is -0.491. The molecule has 0 spiro atoms. The number of rotatable bonds is 3. The fourth-order valence-electron chi connectivity index (χ4n) is 1.80. The van der Waals surface area contributed by atoms with E-state index in [4.69, 9.17) is 10.2 Å². The summed E-state index contributed by atoms with van der Waals surface area (Å²) in [6.45, 7) is 2.06. The number of nitrogens with two attached hydrogens (primary N) is 1. The van der Waals surface area contributed by atoms with E-state index >= 15 is 0 Å². The number of fused-ring (bicyclic) bond motifs is 1. The molecule has 2 aromatic rings. The van der Waals surface area contributed by atoms with Crippen molar-refractivity contribution >= 4 is 16.9 Å². The van der Waals surface area contributed by atoms with Crippen LogP contribution < -0.4 is 5.73 Å². The van der Waals surface area contributed by atoms with Gasteiger partial charge in [0.25, 0.3) is 5.91 Å². The van der Waals surface area contributed by atoms with E-state index in [0.29, 0.717) is 5.76 Å². The van der Waals surface area contributed by atoms with Gasteiger partial charge in [0, 0.05) is 10.9 Å². The highest BCUT2D eigenvalue weighted by Gasteiger charge is 2.16. The third kappa shape index (κ3) is 1.61. The van der Waals surface area contributed by atoms with Crippen molar-refractivity contribution in [3.63, 3.8) is 0 Å². The SMILES string of the molecule is CCCc1c(C(N)=O)oc2ccccc12. The number of para-hydroxylation sites is 1. The molecule has 0 saturated heterocycles. The predicted octanol–water partition coefficient (Wildman–Crippen LogP) is 2.48. The van der Waals surface area contributed by atoms with Gasteiger partial charge >= 0.3 is 0 Å². The Labute approximate surface area is 87.9 Å². The Morgan fingerprint density at radius 1 is 1.40 bits per heavy atom. The highest BCUT2D eigenvalue weighted by atomic mass is 16.3. The molecule has 0 bridgehead atoms. The van der Waals surface area contributed by atoms with E-state index in [1.165, 1.54) is 0 Å². The molecule has 0 atom stereocenters. The van der Waals surface area contributed by atoms with Gasteiger partial charge in [0.05, 0.1) is 0 Å². The van der Waals surface area contributed by atoms with E-state index in [0.717, 1.165) is 29.4 Å². The Bertz CT molecular complexity index is 499. The van der Waals surface area contributed by atoms with Gasteiger partial charge in [-0.3, -0.25) is 4.79 Å². The average Bonchev–Trinajstić information content (AvgIpc) is 2.58. The molecule has 3 nitrogen and oxygen atoms in total. The maximum absolute atomic E-state index is 11.2. The Morgan fingerprint density at radius 3 is 2.80 bits per heavy atom. The number of hydrogen-bond donors (Lipinski definition) is 1. The summed E-state index contributed by atoms with van der Waals surface area (Å²) in [5.74, 6) is -0.187. The minimum Gasteiger partial charge on any atom is -0.451 e. The summed E-state index contributed by atoms with van der Waals surface area (Å²) in [5, 5.41) is 0.994. The van der Waals surface area contributed by atoms with E-state index < -0.39 is 5.91 Å². The van der Waals surface area contributed by atoms with Crippen molar-refractivity contribution in [3.05, 3.63) is 35.6 Å². The summed E-state index contributed by atoms with van der Waals surface area (Å²) < 4.78 is 5.44. The molecule has 0 fully saturated rings. The molecular weight excluding hydrogens is 190 g/mol. The number of amides is 1. The summed E-state index contributed by atoms with van der Waals surface area (Å²) in [6, 6.07) is 7.62. The second-order valence-corrected chi connectivity index (χ2v) is 3.52. The lowest BCUT2D eigenvalue weighted by Gasteiger charge is -1.96. The highest BCUT2D eigenvalue weighted by molar-refractivity contribution is 5.98. The number of hydrogen-bond acceptors (Lipinski definition) is 2. The summed E-state index contributed by atoms with van der Waals surface area (Å²) >= 11 is 0. The van der Waals surface area contributed by atoms with Crippen LogP contribution in [-0.4, -0.2) is 5.91 Å². The molecule has 3 heteroatoms. The van der Waals surface area contributed by atoms with Crippen molar-refractivity contribution < 1.29 is 9.21 Å². The molecule has 0 radical (unpaired) electrons. The molecule has 0 aliphatic heterocycles. The van der Waals surface area contributed by atoms with Crippen LogP contribution in [0.2, 0.25) is 0 Å². The number of benzene rings is 1. The number of carbonyl (C=O) groups excluding carboxylic acids is 1. The van der Waals surface area contributed by atoms with Crippen LogP contribution in [0.25, 0.3) is 11.0 Å². The number of carbonyl (C=O) groups is 1. The van der Waals surface area contributed by atoms with Crippen molar-refractivity contribution in [1.29, 1.82) is 0 Å². The fourth-order valence-corrected chi connectivity index (χ4v) is 1.80.